The van der Waals surface area contributed by atoms with Gasteiger partial charge in [-0.15, -0.1) is 0 Å². The summed E-state index contributed by atoms with van der Waals surface area (Å²) >= 11 is 0. The Morgan fingerprint density at radius 3 is 2.73 bits per heavy atom. The first-order valence-electron chi connectivity index (χ1n) is 11.6. The molecule has 164 valence electrons. The van der Waals surface area contributed by atoms with Gasteiger partial charge in [0.25, 0.3) is 5.56 Å². The normalized spacial score (nSPS) is 33.4. The quantitative estimate of drug-likeness (QED) is 0.575. The van der Waals surface area contributed by atoms with E-state index in [0.29, 0.717) is 23.1 Å². The van der Waals surface area contributed by atoms with Gasteiger partial charge in [-0.25, -0.2) is 4.98 Å². The lowest BCUT2D eigenvalue weighted by atomic mass is 9.64. The van der Waals surface area contributed by atoms with Crippen LogP contribution in [0, 0.1) is 0 Å². The van der Waals surface area contributed by atoms with E-state index in [1.54, 1.807) is 10.6 Å². The monoisotopic (exact) mass is 439 g/mol. The van der Waals surface area contributed by atoms with Crippen molar-refractivity contribution in [1.82, 2.24) is 19.8 Å². The number of rotatable bonds is 0. The molecule has 1 N–H and O–H groups in total. The van der Waals surface area contributed by atoms with Gasteiger partial charge in [-0.2, -0.15) is 0 Å². The number of benzene rings is 2. The Balaban J connectivity index is 1.44. The van der Waals surface area contributed by atoms with Gasteiger partial charge in [0.15, 0.2) is 0 Å². The summed E-state index contributed by atoms with van der Waals surface area (Å²) in [5.74, 6) is 0.607. The number of piperidine rings is 1. The molecule has 2 amide bonds. The van der Waals surface area contributed by atoms with Crippen molar-refractivity contribution in [3.63, 3.8) is 0 Å². The lowest BCUT2D eigenvalue weighted by molar-refractivity contribution is -0.133. The maximum absolute atomic E-state index is 13.5. The molecule has 3 fully saturated rings. The van der Waals surface area contributed by atoms with E-state index in [9.17, 15) is 14.4 Å². The standard InChI is InChI=1S/C25H21N5O3/c31-21-18-12-25(19(27-21)20-26-15-8-3-1-6-13(15)22(32)29(18)20)14-7-2-4-9-16(14)30-23(33)17-10-5-11-28(17)24(25)30/h1-4,6-9,17-19,24H,5,10-12H2,(H,27,31)/t17-,18-,19+,24+,25?/m0/s1. The van der Waals surface area contributed by atoms with Gasteiger partial charge in [0.05, 0.1) is 22.4 Å². The van der Waals surface area contributed by atoms with Gasteiger partial charge >= 0.3 is 0 Å². The Morgan fingerprint density at radius 1 is 1.00 bits per heavy atom. The molecule has 0 saturated carbocycles. The van der Waals surface area contributed by atoms with Gasteiger partial charge in [0.2, 0.25) is 11.8 Å². The van der Waals surface area contributed by atoms with Crippen LogP contribution in [0.1, 0.15) is 42.7 Å². The van der Waals surface area contributed by atoms with Crippen LogP contribution in [0.2, 0.25) is 0 Å². The second-order valence-electron chi connectivity index (χ2n) is 9.86. The van der Waals surface area contributed by atoms with Crippen LogP contribution in [0.3, 0.4) is 0 Å². The Hall–Kier alpha value is -3.52. The fourth-order valence-corrected chi connectivity index (χ4v) is 7.36. The number of anilines is 1. The first-order chi connectivity index (χ1) is 16.1. The molecule has 33 heavy (non-hydrogen) atoms. The highest BCUT2D eigenvalue weighted by Crippen LogP contribution is 2.62. The summed E-state index contributed by atoms with van der Waals surface area (Å²) in [7, 11) is 0. The van der Waals surface area contributed by atoms with Crippen molar-refractivity contribution in [2.24, 2.45) is 0 Å². The lowest BCUT2D eigenvalue weighted by Gasteiger charge is -2.53. The van der Waals surface area contributed by atoms with Gasteiger partial charge in [0.1, 0.15) is 24.1 Å². The molecule has 2 aromatic carbocycles. The summed E-state index contributed by atoms with van der Waals surface area (Å²) in [5, 5.41) is 3.75. The minimum Gasteiger partial charge on any atom is -0.343 e. The molecule has 1 spiro atoms. The topological polar surface area (TPSA) is 87.5 Å². The molecule has 5 atom stereocenters. The molecule has 3 aromatic rings. The Bertz CT molecular complexity index is 1480. The zero-order chi connectivity index (χ0) is 22.1. The van der Waals surface area contributed by atoms with Crippen LogP contribution in [0.4, 0.5) is 5.69 Å². The van der Waals surface area contributed by atoms with Crippen molar-refractivity contribution in [2.45, 2.75) is 49.0 Å². The SMILES string of the molecule is O=C1N[C@@H]2c3nc4ccccc4c(=O)n3[C@H]1CC21c2ccccc2N2C(=O)[C@@H]3CCCN3[C@H]21. The summed E-state index contributed by atoms with van der Waals surface area (Å²) in [5.41, 5.74) is 1.91. The zero-order valence-electron chi connectivity index (χ0n) is 17.8. The fourth-order valence-electron chi connectivity index (χ4n) is 7.36. The Kier molecular flexibility index (Phi) is 3.10. The molecule has 6 aliphatic heterocycles. The first-order valence-corrected chi connectivity index (χ1v) is 11.6. The van der Waals surface area contributed by atoms with Crippen molar-refractivity contribution < 1.29 is 9.59 Å². The van der Waals surface area contributed by atoms with Crippen LogP contribution in [0.25, 0.3) is 10.9 Å². The zero-order valence-corrected chi connectivity index (χ0v) is 17.8. The average molecular weight is 439 g/mol. The van der Waals surface area contributed by atoms with E-state index in [-0.39, 0.29) is 29.6 Å². The van der Waals surface area contributed by atoms with E-state index in [2.05, 4.69) is 16.3 Å². The number of carbonyl (C=O) groups is 2. The van der Waals surface area contributed by atoms with Crippen molar-refractivity contribution in [1.29, 1.82) is 0 Å². The van der Waals surface area contributed by atoms with Crippen molar-refractivity contribution in [3.8, 4) is 0 Å². The smallest absolute Gasteiger partial charge is 0.262 e. The van der Waals surface area contributed by atoms with Crippen LogP contribution in [-0.2, 0) is 15.0 Å². The van der Waals surface area contributed by atoms with Gasteiger partial charge in [-0.3, -0.25) is 28.8 Å². The number of para-hydroxylation sites is 2. The van der Waals surface area contributed by atoms with Gasteiger partial charge in [-0.1, -0.05) is 30.3 Å². The molecule has 7 heterocycles. The molecule has 1 aromatic heterocycles. The Labute approximate surface area is 188 Å². The number of carbonyl (C=O) groups excluding carboxylic acids is 2. The molecule has 3 saturated heterocycles. The van der Waals surface area contributed by atoms with Crippen LogP contribution < -0.4 is 15.8 Å². The summed E-state index contributed by atoms with van der Waals surface area (Å²) in [6.45, 7) is 0.858. The summed E-state index contributed by atoms with van der Waals surface area (Å²) in [6, 6.07) is 14.1. The van der Waals surface area contributed by atoms with E-state index < -0.39 is 17.5 Å². The molecule has 2 bridgehead atoms. The minimum atomic E-state index is -0.653. The number of nitrogens with one attached hydrogen (secondary N) is 1. The highest BCUT2D eigenvalue weighted by Gasteiger charge is 2.70. The average Bonchev–Trinajstić information content (AvgIpc) is 3.49. The van der Waals surface area contributed by atoms with E-state index in [1.165, 1.54) is 0 Å². The number of hydrogen-bond donors (Lipinski definition) is 1. The van der Waals surface area contributed by atoms with Crippen LogP contribution in [-0.4, -0.2) is 45.0 Å². The van der Waals surface area contributed by atoms with Gasteiger partial charge in [-0.05, 0) is 43.0 Å². The Morgan fingerprint density at radius 2 is 1.82 bits per heavy atom. The molecule has 0 aliphatic carbocycles. The summed E-state index contributed by atoms with van der Waals surface area (Å²) in [6.07, 6.45) is 2.15. The van der Waals surface area contributed by atoms with E-state index in [4.69, 9.17) is 4.98 Å². The van der Waals surface area contributed by atoms with Crippen molar-refractivity contribution in [2.75, 3.05) is 11.4 Å². The highest BCUT2D eigenvalue weighted by molar-refractivity contribution is 6.03. The summed E-state index contributed by atoms with van der Waals surface area (Å²) < 4.78 is 1.61. The maximum atomic E-state index is 13.5. The number of amides is 2. The van der Waals surface area contributed by atoms with E-state index >= 15 is 0 Å². The molecule has 8 nitrogen and oxygen atoms in total. The van der Waals surface area contributed by atoms with Crippen LogP contribution in [0.5, 0.6) is 0 Å². The fraction of sp³-hybridized carbons (Fsp3) is 0.360. The largest absolute Gasteiger partial charge is 0.343 e. The maximum Gasteiger partial charge on any atom is 0.262 e. The van der Waals surface area contributed by atoms with Crippen molar-refractivity contribution in [3.05, 3.63) is 70.3 Å². The van der Waals surface area contributed by atoms with Gasteiger partial charge < -0.3 is 5.32 Å². The van der Waals surface area contributed by atoms with Crippen LogP contribution >= 0.6 is 0 Å². The van der Waals surface area contributed by atoms with Gasteiger partial charge in [0, 0.05) is 12.2 Å². The molecule has 1 unspecified atom stereocenters. The number of aromatic nitrogens is 2. The summed E-state index contributed by atoms with van der Waals surface area (Å²) in [4.78, 5) is 49.4. The third kappa shape index (κ3) is 1.86. The molecule has 9 rings (SSSR count). The number of hydrogen-bond acceptors (Lipinski definition) is 5. The minimum absolute atomic E-state index is 0.108. The second kappa shape index (κ2) is 5.69. The number of nitrogens with zero attached hydrogens (tertiary/aromatic N) is 4. The third-order valence-electron chi connectivity index (χ3n) is 8.54. The molecule has 0 radical (unpaired) electrons. The third-order valence-corrected chi connectivity index (χ3v) is 8.54. The van der Waals surface area contributed by atoms with Crippen LogP contribution in [0.15, 0.2) is 53.3 Å². The molecular formula is C25H21N5O3. The highest BCUT2D eigenvalue weighted by atomic mass is 16.2. The predicted molar refractivity (Wildman–Crippen MR) is 120 cm³/mol. The molecular weight excluding hydrogens is 418 g/mol. The molecule has 8 heteroatoms. The second-order valence-corrected chi connectivity index (χ2v) is 9.86. The van der Waals surface area contributed by atoms with E-state index in [0.717, 1.165) is 30.6 Å². The first kappa shape index (κ1) is 18.0. The van der Waals surface area contributed by atoms with Crippen molar-refractivity contribution >= 4 is 28.4 Å². The molecule has 6 aliphatic rings. The predicted octanol–water partition coefficient (Wildman–Crippen LogP) is 1.60. The number of fused-ring (bicyclic) bond motifs is 7. The lowest BCUT2D eigenvalue weighted by Crippen LogP contribution is -2.66. The van der Waals surface area contributed by atoms with E-state index in [1.807, 2.05) is 41.3 Å².